The molecular formula is C14H18N. The predicted molar refractivity (Wildman–Crippen MR) is 62.8 cm³/mol. The summed E-state index contributed by atoms with van der Waals surface area (Å²) in [5, 5.41) is 0. The van der Waals surface area contributed by atoms with Gasteiger partial charge in [-0.15, -0.1) is 0 Å². The Morgan fingerprint density at radius 2 is 1.87 bits per heavy atom. The van der Waals surface area contributed by atoms with Crippen LogP contribution in [0.2, 0.25) is 0 Å². The van der Waals surface area contributed by atoms with Gasteiger partial charge in [-0.2, -0.15) is 0 Å². The van der Waals surface area contributed by atoms with E-state index in [-0.39, 0.29) is 0 Å². The van der Waals surface area contributed by atoms with Crippen LogP contribution >= 0.6 is 0 Å². The summed E-state index contributed by atoms with van der Waals surface area (Å²) < 4.78 is 0. The number of nitrogens with zero attached hydrogens (tertiary/aromatic N) is 1. The van der Waals surface area contributed by atoms with Gasteiger partial charge >= 0.3 is 0 Å². The zero-order valence-corrected chi connectivity index (χ0v) is 9.15. The van der Waals surface area contributed by atoms with E-state index in [1.54, 1.807) is 0 Å². The molecule has 1 unspecified atom stereocenters. The van der Waals surface area contributed by atoms with E-state index < -0.39 is 0 Å². The maximum atomic E-state index is 2.65. The number of benzene rings is 1. The van der Waals surface area contributed by atoms with Crippen LogP contribution in [0.15, 0.2) is 24.3 Å². The van der Waals surface area contributed by atoms with Crippen molar-refractivity contribution in [2.45, 2.75) is 31.7 Å². The van der Waals surface area contributed by atoms with Crippen LogP contribution in [0.25, 0.3) is 0 Å². The molecule has 1 aromatic carbocycles. The Balaban J connectivity index is 1.76. The van der Waals surface area contributed by atoms with Gasteiger partial charge in [0, 0.05) is 12.5 Å². The number of fused-ring (bicyclic) bond motifs is 1. The lowest BCUT2D eigenvalue weighted by Gasteiger charge is -2.31. The quantitative estimate of drug-likeness (QED) is 0.673. The summed E-state index contributed by atoms with van der Waals surface area (Å²) in [5.74, 6) is 0. The smallest absolute Gasteiger partial charge is 0.0174 e. The van der Waals surface area contributed by atoms with Crippen LogP contribution in [0.4, 0.5) is 0 Å². The van der Waals surface area contributed by atoms with Gasteiger partial charge in [0.2, 0.25) is 0 Å². The SMILES string of the molecule is [CH]1c2ccccc2CCC1N1CCCC1. The molecule has 0 spiro atoms. The van der Waals surface area contributed by atoms with Gasteiger partial charge in [0.15, 0.2) is 0 Å². The van der Waals surface area contributed by atoms with E-state index in [1.807, 2.05) is 0 Å². The normalized spacial score (nSPS) is 26.5. The van der Waals surface area contributed by atoms with Crippen LogP contribution in [0, 0.1) is 6.42 Å². The van der Waals surface area contributed by atoms with Crippen molar-refractivity contribution in [2.75, 3.05) is 13.1 Å². The van der Waals surface area contributed by atoms with Crippen molar-refractivity contribution in [1.29, 1.82) is 0 Å². The van der Waals surface area contributed by atoms with Crippen LogP contribution < -0.4 is 0 Å². The molecule has 0 aromatic heterocycles. The van der Waals surface area contributed by atoms with E-state index in [0.717, 1.165) is 0 Å². The second kappa shape index (κ2) is 3.97. The summed E-state index contributed by atoms with van der Waals surface area (Å²) in [4.78, 5) is 2.65. The molecule has 1 heterocycles. The highest BCUT2D eigenvalue weighted by atomic mass is 15.2. The molecule has 3 rings (SSSR count). The van der Waals surface area contributed by atoms with Crippen molar-refractivity contribution in [3.8, 4) is 0 Å². The van der Waals surface area contributed by atoms with Gasteiger partial charge in [-0.3, -0.25) is 4.90 Å². The first-order valence-electron chi connectivity index (χ1n) is 6.10. The molecule has 1 fully saturated rings. The molecule has 1 radical (unpaired) electrons. The van der Waals surface area contributed by atoms with Gasteiger partial charge in [0.1, 0.15) is 0 Å². The van der Waals surface area contributed by atoms with Crippen molar-refractivity contribution < 1.29 is 0 Å². The Morgan fingerprint density at radius 3 is 2.73 bits per heavy atom. The molecule has 0 saturated carbocycles. The summed E-state index contributed by atoms with van der Waals surface area (Å²) in [6, 6.07) is 9.55. The van der Waals surface area contributed by atoms with Crippen molar-refractivity contribution >= 4 is 0 Å². The molecule has 1 nitrogen and oxygen atoms in total. The second-order valence-corrected chi connectivity index (χ2v) is 4.71. The first kappa shape index (κ1) is 9.41. The Bertz CT molecular complexity index is 339. The van der Waals surface area contributed by atoms with Crippen LogP contribution in [0.3, 0.4) is 0 Å². The van der Waals surface area contributed by atoms with Crippen LogP contribution in [0.1, 0.15) is 30.4 Å². The largest absolute Gasteiger partial charge is 0.300 e. The molecule has 1 atom stereocenters. The summed E-state index contributed by atoms with van der Waals surface area (Å²) in [6.45, 7) is 2.62. The van der Waals surface area contributed by atoms with Crippen LogP contribution in [0.5, 0.6) is 0 Å². The van der Waals surface area contributed by atoms with Gasteiger partial charge in [-0.05, 0) is 49.9 Å². The maximum absolute atomic E-state index is 2.65. The van der Waals surface area contributed by atoms with Crippen LogP contribution in [-0.2, 0) is 6.42 Å². The molecule has 2 aliphatic rings. The van der Waals surface area contributed by atoms with E-state index >= 15 is 0 Å². The lowest BCUT2D eigenvalue weighted by molar-refractivity contribution is 0.256. The molecule has 1 saturated heterocycles. The molecule has 15 heavy (non-hydrogen) atoms. The zero-order valence-electron chi connectivity index (χ0n) is 9.15. The molecular weight excluding hydrogens is 182 g/mol. The van der Waals surface area contributed by atoms with E-state index in [1.165, 1.54) is 49.9 Å². The van der Waals surface area contributed by atoms with Gasteiger partial charge in [0.05, 0.1) is 0 Å². The number of likely N-dealkylation sites (tertiary alicyclic amines) is 1. The van der Waals surface area contributed by atoms with Crippen molar-refractivity contribution in [3.05, 3.63) is 41.8 Å². The third kappa shape index (κ3) is 1.81. The third-order valence-corrected chi connectivity index (χ3v) is 3.75. The Kier molecular flexibility index (Phi) is 2.49. The minimum Gasteiger partial charge on any atom is -0.300 e. The topological polar surface area (TPSA) is 3.24 Å². The fourth-order valence-corrected chi connectivity index (χ4v) is 2.88. The number of hydrogen-bond acceptors (Lipinski definition) is 1. The first-order valence-corrected chi connectivity index (χ1v) is 6.10. The Morgan fingerprint density at radius 1 is 1.07 bits per heavy atom. The lowest BCUT2D eigenvalue weighted by atomic mass is 9.88. The first-order chi connectivity index (χ1) is 7.43. The summed E-state index contributed by atoms with van der Waals surface area (Å²) in [7, 11) is 0. The Labute approximate surface area is 92.1 Å². The van der Waals surface area contributed by atoms with Crippen molar-refractivity contribution in [2.24, 2.45) is 0 Å². The third-order valence-electron chi connectivity index (χ3n) is 3.75. The van der Waals surface area contributed by atoms with Crippen molar-refractivity contribution in [1.82, 2.24) is 4.90 Å². The monoisotopic (exact) mass is 200 g/mol. The Hall–Kier alpha value is -0.820. The van der Waals surface area contributed by atoms with Gasteiger partial charge < -0.3 is 0 Å². The van der Waals surface area contributed by atoms with E-state index in [4.69, 9.17) is 0 Å². The molecule has 1 aliphatic carbocycles. The highest BCUT2D eigenvalue weighted by molar-refractivity contribution is 5.37. The fourth-order valence-electron chi connectivity index (χ4n) is 2.88. The zero-order chi connectivity index (χ0) is 10.1. The lowest BCUT2D eigenvalue weighted by Crippen LogP contribution is -2.35. The molecule has 0 N–H and O–H groups in total. The van der Waals surface area contributed by atoms with E-state index in [0.29, 0.717) is 6.04 Å². The molecule has 1 heteroatoms. The maximum Gasteiger partial charge on any atom is 0.0174 e. The number of aryl methyl sites for hydroxylation is 1. The average Bonchev–Trinajstić information content (AvgIpc) is 2.82. The second-order valence-electron chi connectivity index (χ2n) is 4.71. The highest BCUT2D eigenvalue weighted by Crippen LogP contribution is 2.27. The minimum atomic E-state index is 0.711. The highest BCUT2D eigenvalue weighted by Gasteiger charge is 2.25. The summed E-state index contributed by atoms with van der Waals surface area (Å²) >= 11 is 0. The van der Waals surface area contributed by atoms with E-state index in [2.05, 4.69) is 35.6 Å². The predicted octanol–water partition coefficient (Wildman–Crippen LogP) is 2.65. The van der Waals surface area contributed by atoms with Crippen LogP contribution in [-0.4, -0.2) is 24.0 Å². The summed E-state index contributed by atoms with van der Waals surface area (Å²) in [5.41, 5.74) is 3.01. The summed E-state index contributed by atoms with van der Waals surface area (Å²) in [6.07, 6.45) is 7.84. The standard InChI is InChI=1S/C14H18N/c1-2-6-13-11-14(8-7-12(13)5-1)15-9-3-4-10-15/h1-2,5-6,11,14H,3-4,7-10H2. The minimum absolute atomic E-state index is 0.711. The molecule has 1 aromatic rings. The molecule has 1 aliphatic heterocycles. The van der Waals surface area contributed by atoms with Crippen molar-refractivity contribution in [3.63, 3.8) is 0 Å². The molecule has 0 amide bonds. The number of hydrogen-bond donors (Lipinski definition) is 0. The molecule has 0 bridgehead atoms. The van der Waals surface area contributed by atoms with E-state index in [9.17, 15) is 0 Å². The van der Waals surface area contributed by atoms with Gasteiger partial charge in [-0.25, -0.2) is 0 Å². The van der Waals surface area contributed by atoms with Gasteiger partial charge in [0.25, 0.3) is 0 Å². The molecule has 79 valence electrons. The number of rotatable bonds is 1. The van der Waals surface area contributed by atoms with Gasteiger partial charge in [-0.1, -0.05) is 24.3 Å². The fraction of sp³-hybridized carbons (Fsp3) is 0.500. The average molecular weight is 200 g/mol.